The topological polar surface area (TPSA) is 48.9 Å². The highest BCUT2D eigenvalue weighted by Gasteiger charge is 2.30. The molecule has 1 amide bonds. The van der Waals surface area contributed by atoms with Crippen LogP contribution in [0.4, 0.5) is 11.5 Å². The van der Waals surface area contributed by atoms with E-state index in [1.165, 1.54) is 36.0 Å². The summed E-state index contributed by atoms with van der Waals surface area (Å²) in [5.74, 6) is 3.62. The zero-order valence-corrected chi connectivity index (χ0v) is 28.9. The Labute approximate surface area is 281 Å². The van der Waals surface area contributed by atoms with Crippen LogP contribution in [0.5, 0.6) is 5.75 Å². The van der Waals surface area contributed by atoms with Crippen LogP contribution in [0, 0.1) is 11.8 Å². The van der Waals surface area contributed by atoms with Crippen LogP contribution in [0.15, 0.2) is 73.1 Å². The highest BCUT2D eigenvalue weighted by molar-refractivity contribution is 6.30. The zero-order valence-electron chi connectivity index (χ0n) is 28.2. The van der Waals surface area contributed by atoms with Crippen molar-refractivity contribution >= 4 is 29.0 Å². The molecule has 0 N–H and O–H groups in total. The maximum absolute atomic E-state index is 12.3. The molecule has 3 aromatic rings. The molecule has 3 heterocycles. The second-order valence-electron chi connectivity index (χ2n) is 13.6. The Kier molecular flexibility index (Phi) is 11.7. The number of carbonyl (C=O) groups is 1. The number of ether oxygens (including phenoxy) is 1. The summed E-state index contributed by atoms with van der Waals surface area (Å²) in [5, 5.41) is 0.794. The fourth-order valence-corrected chi connectivity index (χ4v) is 7.35. The Morgan fingerprint density at radius 1 is 1.04 bits per heavy atom. The maximum atomic E-state index is 12.3. The summed E-state index contributed by atoms with van der Waals surface area (Å²) in [6, 6.07) is 18.8. The number of likely N-dealkylation sites (tertiary alicyclic amines) is 1. The van der Waals surface area contributed by atoms with E-state index in [4.69, 9.17) is 21.3 Å². The third-order valence-corrected chi connectivity index (χ3v) is 9.90. The number of nitrogens with zero attached hydrogens (tertiary/aromatic N) is 4. The Balaban J connectivity index is 0.000000527. The minimum Gasteiger partial charge on any atom is -0.496 e. The molecule has 1 saturated carbocycles. The summed E-state index contributed by atoms with van der Waals surface area (Å²) in [7, 11) is 3.92. The van der Waals surface area contributed by atoms with Gasteiger partial charge in [0.2, 0.25) is 5.91 Å². The molecule has 1 saturated heterocycles. The smallest absolute Gasteiger partial charge is 0.222 e. The highest BCUT2D eigenvalue weighted by atomic mass is 35.5. The number of hydrogen-bond donors (Lipinski definition) is 0. The molecule has 2 aromatic carbocycles. The second kappa shape index (κ2) is 15.9. The normalized spacial score (nSPS) is 19.8. The third-order valence-electron chi connectivity index (χ3n) is 9.65. The molecule has 46 heavy (non-hydrogen) atoms. The lowest BCUT2D eigenvalue weighted by Crippen LogP contribution is -2.45. The fourth-order valence-electron chi connectivity index (χ4n) is 7.20. The Morgan fingerprint density at radius 3 is 2.41 bits per heavy atom. The van der Waals surface area contributed by atoms with Crippen LogP contribution >= 0.6 is 11.6 Å². The van der Waals surface area contributed by atoms with E-state index in [0.717, 1.165) is 86.1 Å². The first-order chi connectivity index (χ1) is 22.2. The molecule has 0 bridgehead atoms. The van der Waals surface area contributed by atoms with Crippen molar-refractivity contribution in [2.75, 3.05) is 37.0 Å². The number of pyridine rings is 1. The second-order valence-corrected chi connectivity index (χ2v) is 14.1. The lowest BCUT2D eigenvalue weighted by molar-refractivity contribution is -0.136. The van der Waals surface area contributed by atoms with Gasteiger partial charge in [-0.2, -0.15) is 0 Å². The highest BCUT2D eigenvalue weighted by Crippen LogP contribution is 2.35. The van der Waals surface area contributed by atoms with Crippen LogP contribution in [0.25, 0.3) is 0 Å². The first-order valence-corrected chi connectivity index (χ1v) is 17.4. The van der Waals surface area contributed by atoms with Crippen molar-refractivity contribution < 1.29 is 9.53 Å². The van der Waals surface area contributed by atoms with Crippen LogP contribution in [-0.2, 0) is 24.2 Å². The lowest BCUT2D eigenvalue weighted by atomic mass is 9.84. The van der Waals surface area contributed by atoms with Crippen LogP contribution in [0.1, 0.15) is 75.5 Å². The quantitative estimate of drug-likeness (QED) is 0.246. The molecule has 0 spiro atoms. The molecule has 246 valence electrons. The summed E-state index contributed by atoms with van der Waals surface area (Å²) >= 11 is 5.54. The van der Waals surface area contributed by atoms with Gasteiger partial charge >= 0.3 is 0 Å². The van der Waals surface area contributed by atoms with Gasteiger partial charge in [0.15, 0.2) is 0 Å². The van der Waals surface area contributed by atoms with Gasteiger partial charge in [0, 0.05) is 56.3 Å². The van der Waals surface area contributed by atoms with E-state index >= 15 is 0 Å². The number of rotatable bonds is 8. The SMILES string of the molecule is C=C1Cc2cc(OC)c(CC(C)C)cc2CN1c1ccc(N(C)CC2CCC(N3CCCCC3=O)CC2)nc1.Clc1ccccc1. The summed E-state index contributed by atoms with van der Waals surface area (Å²) in [6.45, 7) is 11.7. The van der Waals surface area contributed by atoms with Crippen molar-refractivity contribution in [3.8, 4) is 5.75 Å². The first-order valence-electron chi connectivity index (χ1n) is 17.0. The average molecular weight is 643 g/mol. The van der Waals surface area contributed by atoms with Gasteiger partial charge in [-0.25, -0.2) is 4.98 Å². The molecule has 0 radical (unpaired) electrons. The van der Waals surface area contributed by atoms with Gasteiger partial charge in [-0.15, -0.1) is 0 Å². The van der Waals surface area contributed by atoms with Crippen LogP contribution in [-0.4, -0.2) is 49.1 Å². The summed E-state index contributed by atoms with van der Waals surface area (Å²) in [6.07, 6.45) is 11.5. The van der Waals surface area contributed by atoms with Gasteiger partial charge in [-0.3, -0.25) is 4.79 Å². The number of aromatic nitrogens is 1. The van der Waals surface area contributed by atoms with Gasteiger partial charge < -0.3 is 19.4 Å². The van der Waals surface area contributed by atoms with Crippen molar-refractivity contribution in [2.24, 2.45) is 11.8 Å². The Hall–Kier alpha value is -3.51. The standard InChI is InChI=1S/C33H46N4O2.C6H5Cl/c1-23(2)16-27-18-28-22-37(24(3)17-26(28)19-31(27)39-5)30-13-14-32(34-20-30)35(4)21-25-9-11-29(12-10-25)36-15-7-6-8-33(36)38;7-6-4-2-1-3-5-6/h13-14,18-20,23,25,29H,3,6-12,15-17,21-22H2,1-2,4-5H3;1-5H. The predicted octanol–water partition coefficient (Wildman–Crippen LogP) is 8.71. The average Bonchev–Trinajstić information content (AvgIpc) is 3.05. The molecule has 0 unspecified atom stereocenters. The largest absolute Gasteiger partial charge is 0.496 e. The van der Waals surface area contributed by atoms with Crippen LogP contribution in [0.2, 0.25) is 5.02 Å². The van der Waals surface area contributed by atoms with Gasteiger partial charge in [-0.05, 0) is 104 Å². The van der Waals surface area contributed by atoms with Gasteiger partial charge in [-0.1, -0.05) is 56.3 Å². The molecule has 6 nitrogen and oxygen atoms in total. The molecule has 2 aliphatic heterocycles. The molecule has 1 aromatic heterocycles. The number of piperidine rings is 1. The van der Waals surface area contributed by atoms with Gasteiger partial charge in [0.1, 0.15) is 11.6 Å². The van der Waals surface area contributed by atoms with E-state index in [9.17, 15) is 4.79 Å². The number of carbonyl (C=O) groups excluding carboxylic acids is 1. The molecule has 1 aliphatic carbocycles. The van der Waals surface area contributed by atoms with Crippen LogP contribution < -0.4 is 14.5 Å². The maximum Gasteiger partial charge on any atom is 0.222 e. The van der Waals surface area contributed by atoms with Gasteiger partial charge in [0.05, 0.1) is 19.0 Å². The van der Waals surface area contributed by atoms with E-state index in [1.807, 2.05) is 36.5 Å². The number of hydrogen-bond acceptors (Lipinski definition) is 5. The van der Waals surface area contributed by atoms with E-state index < -0.39 is 0 Å². The van der Waals surface area contributed by atoms with E-state index in [0.29, 0.717) is 23.8 Å². The molecule has 3 aliphatic rings. The molecule has 7 heteroatoms. The lowest BCUT2D eigenvalue weighted by Gasteiger charge is -2.39. The molecule has 0 atom stereocenters. The molecule has 2 fully saturated rings. The van der Waals surface area contributed by atoms with Crippen molar-refractivity contribution in [3.63, 3.8) is 0 Å². The molecular weight excluding hydrogens is 592 g/mol. The predicted molar refractivity (Wildman–Crippen MR) is 191 cm³/mol. The van der Waals surface area contributed by atoms with E-state index in [-0.39, 0.29) is 0 Å². The summed E-state index contributed by atoms with van der Waals surface area (Å²) in [4.78, 5) is 24.0. The minimum absolute atomic E-state index is 0.377. The van der Waals surface area contributed by atoms with Crippen molar-refractivity contribution in [1.29, 1.82) is 0 Å². The monoisotopic (exact) mass is 642 g/mol. The number of anilines is 2. The third kappa shape index (κ3) is 8.64. The molecular formula is C39H51ClN4O2. The number of fused-ring (bicyclic) bond motifs is 1. The number of benzene rings is 2. The Bertz CT molecular complexity index is 1450. The van der Waals surface area contributed by atoms with Crippen molar-refractivity contribution in [3.05, 3.63) is 94.8 Å². The summed E-state index contributed by atoms with van der Waals surface area (Å²) in [5.41, 5.74) is 6.13. The van der Waals surface area contributed by atoms with Crippen LogP contribution in [0.3, 0.4) is 0 Å². The first kappa shape index (κ1) is 33.8. The number of amides is 1. The van der Waals surface area contributed by atoms with E-state index in [1.54, 1.807) is 7.11 Å². The number of methoxy groups -OCH3 is 1. The zero-order chi connectivity index (χ0) is 32.6. The Morgan fingerprint density at radius 2 is 1.80 bits per heavy atom. The van der Waals surface area contributed by atoms with Gasteiger partial charge in [0.25, 0.3) is 0 Å². The number of allylic oxidation sites excluding steroid dienone is 1. The molecule has 6 rings (SSSR count). The van der Waals surface area contributed by atoms with E-state index in [2.05, 4.69) is 66.4 Å². The minimum atomic E-state index is 0.377. The van der Waals surface area contributed by atoms with Crippen molar-refractivity contribution in [1.82, 2.24) is 9.88 Å². The number of halogens is 1. The van der Waals surface area contributed by atoms with Crippen molar-refractivity contribution in [2.45, 2.75) is 84.2 Å². The summed E-state index contributed by atoms with van der Waals surface area (Å²) < 4.78 is 5.71. The fraction of sp³-hybridized carbons (Fsp3) is 0.487.